The fourth-order valence-corrected chi connectivity index (χ4v) is 2.46. The third kappa shape index (κ3) is 2.02. The summed E-state index contributed by atoms with van der Waals surface area (Å²) in [4.78, 5) is 12.2. The van der Waals surface area contributed by atoms with Crippen LogP contribution >= 0.6 is 11.8 Å². The molecule has 1 aromatic heterocycles. The third-order valence-electron chi connectivity index (χ3n) is 2.17. The minimum Gasteiger partial charge on any atom is -0.328 e. The van der Waals surface area contributed by atoms with Gasteiger partial charge in [0.1, 0.15) is 0 Å². The van der Waals surface area contributed by atoms with Crippen LogP contribution in [0.25, 0.3) is 4.91 Å². The molecule has 0 saturated carbocycles. The highest BCUT2D eigenvalue weighted by molar-refractivity contribution is 8.09. The number of hydrogen-bond acceptors (Lipinski definition) is 4. The first-order valence-electron chi connectivity index (χ1n) is 4.60. The van der Waals surface area contributed by atoms with E-state index in [9.17, 15) is 4.79 Å². The lowest BCUT2D eigenvalue weighted by molar-refractivity contribution is -0.117. The van der Waals surface area contributed by atoms with E-state index in [-0.39, 0.29) is 5.91 Å². The molecule has 0 atom stereocenters. The van der Waals surface area contributed by atoms with Gasteiger partial charge in [0, 0.05) is 16.2 Å². The highest BCUT2D eigenvalue weighted by atomic mass is 32.2. The monoisotopic (exact) mass is 221 g/mol. The van der Waals surface area contributed by atoms with E-state index < -0.39 is 0 Å². The van der Waals surface area contributed by atoms with Crippen molar-refractivity contribution >= 4 is 22.6 Å². The average Bonchev–Trinajstić information content (AvgIpc) is 2.20. The van der Waals surface area contributed by atoms with Crippen LogP contribution in [0.15, 0.2) is 18.0 Å². The molecule has 4 nitrogen and oxygen atoms in total. The quantitative estimate of drug-likeness (QED) is 0.777. The maximum absolute atomic E-state index is 11.1. The molecule has 1 N–H and O–H groups in total. The molecule has 2 rings (SSSR count). The van der Waals surface area contributed by atoms with E-state index in [1.54, 1.807) is 18.0 Å². The number of aryl methyl sites for hydroxylation is 1. The molecule has 1 aliphatic rings. The standard InChI is InChI=1S/C10H11N3OS/c1-6-8(3-4-11-13-6)10-7(2)12-9(14)5-15-10/h3-4H,5H2,1-2H3,(H,12,14). The molecule has 0 fully saturated rings. The minimum absolute atomic E-state index is 0.0564. The van der Waals surface area contributed by atoms with Crippen LogP contribution in [0, 0.1) is 6.92 Å². The molecular weight excluding hydrogens is 210 g/mol. The highest BCUT2D eigenvalue weighted by Crippen LogP contribution is 2.33. The lowest BCUT2D eigenvalue weighted by Gasteiger charge is -2.18. The number of thioether (sulfide) groups is 1. The average molecular weight is 221 g/mol. The van der Waals surface area contributed by atoms with Gasteiger partial charge in [-0.1, -0.05) is 0 Å². The van der Waals surface area contributed by atoms with Crippen LogP contribution in [0.5, 0.6) is 0 Å². The third-order valence-corrected chi connectivity index (χ3v) is 3.39. The predicted molar refractivity (Wildman–Crippen MR) is 60.0 cm³/mol. The second-order valence-corrected chi connectivity index (χ2v) is 4.31. The maximum Gasteiger partial charge on any atom is 0.234 e. The van der Waals surface area contributed by atoms with Gasteiger partial charge in [-0.05, 0) is 19.9 Å². The molecule has 0 saturated heterocycles. The number of hydrogen-bond donors (Lipinski definition) is 1. The van der Waals surface area contributed by atoms with E-state index in [0.717, 1.165) is 21.9 Å². The first-order chi connectivity index (χ1) is 7.18. The number of nitrogens with zero attached hydrogens (tertiary/aromatic N) is 2. The Morgan fingerprint density at radius 1 is 1.47 bits per heavy atom. The summed E-state index contributed by atoms with van der Waals surface area (Å²) >= 11 is 1.55. The molecule has 0 aliphatic carbocycles. The number of carbonyl (C=O) groups is 1. The summed E-state index contributed by atoms with van der Waals surface area (Å²) < 4.78 is 0. The molecule has 0 radical (unpaired) electrons. The minimum atomic E-state index is 0.0564. The fourth-order valence-electron chi connectivity index (χ4n) is 1.47. The molecule has 0 unspecified atom stereocenters. The Balaban J connectivity index is 2.43. The molecule has 1 amide bonds. The molecule has 0 bridgehead atoms. The Morgan fingerprint density at radius 2 is 2.27 bits per heavy atom. The smallest absolute Gasteiger partial charge is 0.234 e. The second-order valence-electron chi connectivity index (χ2n) is 3.32. The van der Waals surface area contributed by atoms with Crippen LogP contribution in [0.1, 0.15) is 18.2 Å². The Morgan fingerprint density at radius 3 is 2.93 bits per heavy atom. The number of amides is 1. The van der Waals surface area contributed by atoms with Gasteiger partial charge in [-0.3, -0.25) is 4.79 Å². The Hall–Kier alpha value is -1.36. The van der Waals surface area contributed by atoms with Crippen molar-refractivity contribution in [2.24, 2.45) is 0 Å². The summed E-state index contributed by atoms with van der Waals surface area (Å²) in [5, 5.41) is 10.6. The molecular formula is C10H11N3OS. The SMILES string of the molecule is CC1=C(c2ccnnc2C)SCC(=O)N1. The summed E-state index contributed by atoms with van der Waals surface area (Å²) in [5.74, 6) is 0.523. The van der Waals surface area contributed by atoms with Crippen molar-refractivity contribution in [2.75, 3.05) is 5.75 Å². The zero-order valence-electron chi connectivity index (χ0n) is 8.57. The number of allylic oxidation sites excluding steroid dienone is 1. The molecule has 1 aromatic rings. The van der Waals surface area contributed by atoms with Crippen LogP contribution in [-0.4, -0.2) is 21.9 Å². The normalized spacial score (nSPS) is 16.5. The van der Waals surface area contributed by atoms with Crippen molar-refractivity contribution < 1.29 is 4.79 Å². The summed E-state index contributed by atoms with van der Waals surface area (Å²) in [5.41, 5.74) is 2.83. The van der Waals surface area contributed by atoms with E-state index >= 15 is 0 Å². The molecule has 15 heavy (non-hydrogen) atoms. The lowest BCUT2D eigenvalue weighted by Crippen LogP contribution is -2.27. The Kier molecular flexibility index (Phi) is 2.73. The summed E-state index contributed by atoms with van der Waals surface area (Å²) in [6.45, 7) is 3.82. The second kappa shape index (κ2) is 4.02. The van der Waals surface area contributed by atoms with Crippen LogP contribution in [0.2, 0.25) is 0 Å². The summed E-state index contributed by atoms with van der Waals surface area (Å²) in [7, 11) is 0. The van der Waals surface area contributed by atoms with Crippen LogP contribution in [0.4, 0.5) is 0 Å². The van der Waals surface area contributed by atoms with Gasteiger partial charge >= 0.3 is 0 Å². The predicted octanol–water partition coefficient (Wildman–Crippen LogP) is 1.34. The number of nitrogens with one attached hydrogen (secondary N) is 1. The topological polar surface area (TPSA) is 54.9 Å². The summed E-state index contributed by atoms with van der Waals surface area (Å²) in [6.07, 6.45) is 1.67. The van der Waals surface area contributed by atoms with Crippen molar-refractivity contribution in [1.82, 2.24) is 15.5 Å². The Bertz CT molecular complexity index is 442. The van der Waals surface area contributed by atoms with Gasteiger partial charge in [0.2, 0.25) is 5.91 Å². The van der Waals surface area contributed by atoms with Gasteiger partial charge in [0.25, 0.3) is 0 Å². The highest BCUT2D eigenvalue weighted by Gasteiger charge is 2.18. The van der Waals surface area contributed by atoms with Gasteiger partial charge in [-0.25, -0.2) is 0 Å². The number of aromatic nitrogens is 2. The first-order valence-corrected chi connectivity index (χ1v) is 5.59. The van der Waals surface area contributed by atoms with Gasteiger partial charge < -0.3 is 5.32 Å². The molecule has 0 spiro atoms. The van der Waals surface area contributed by atoms with Crippen molar-refractivity contribution in [1.29, 1.82) is 0 Å². The van der Waals surface area contributed by atoms with Crippen LogP contribution in [0.3, 0.4) is 0 Å². The number of carbonyl (C=O) groups excluding carboxylic acids is 1. The van der Waals surface area contributed by atoms with E-state index in [0.29, 0.717) is 5.75 Å². The molecule has 2 heterocycles. The van der Waals surface area contributed by atoms with Crippen LogP contribution < -0.4 is 5.32 Å². The van der Waals surface area contributed by atoms with E-state index in [1.807, 2.05) is 19.9 Å². The fraction of sp³-hybridized carbons (Fsp3) is 0.300. The molecule has 5 heteroatoms. The van der Waals surface area contributed by atoms with Crippen molar-refractivity contribution in [3.63, 3.8) is 0 Å². The maximum atomic E-state index is 11.1. The van der Waals surface area contributed by atoms with Gasteiger partial charge in [0.15, 0.2) is 0 Å². The zero-order valence-corrected chi connectivity index (χ0v) is 9.39. The Labute approximate surface area is 92.2 Å². The molecule has 0 aromatic carbocycles. The van der Waals surface area contributed by atoms with E-state index in [2.05, 4.69) is 15.5 Å². The van der Waals surface area contributed by atoms with E-state index in [4.69, 9.17) is 0 Å². The lowest BCUT2D eigenvalue weighted by atomic mass is 10.2. The van der Waals surface area contributed by atoms with Gasteiger partial charge in [-0.15, -0.1) is 11.8 Å². The van der Waals surface area contributed by atoms with Crippen molar-refractivity contribution in [2.45, 2.75) is 13.8 Å². The number of rotatable bonds is 1. The van der Waals surface area contributed by atoms with Gasteiger partial charge in [0.05, 0.1) is 17.6 Å². The largest absolute Gasteiger partial charge is 0.328 e. The molecule has 1 aliphatic heterocycles. The first kappa shape index (κ1) is 10.2. The van der Waals surface area contributed by atoms with E-state index in [1.165, 1.54) is 0 Å². The summed E-state index contributed by atoms with van der Waals surface area (Å²) in [6, 6.07) is 1.92. The van der Waals surface area contributed by atoms with Gasteiger partial charge in [-0.2, -0.15) is 10.2 Å². The van der Waals surface area contributed by atoms with Crippen molar-refractivity contribution in [3.05, 3.63) is 29.2 Å². The van der Waals surface area contributed by atoms with Crippen molar-refractivity contribution in [3.8, 4) is 0 Å². The van der Waals surface area contributed by atoms with Crippen LogP contribution in [-0.2, 0) is 4.79 Å². The molecule has 78 valence electrons. The zero-order chi connectivity index (χ0) is 10.8.